The monoisotopic (exact) mass is 368 g/mol. The molecule has 1 aliphatic heterocycles. The first-order chi connectivity index (χ1) is 13.2. The Bertz CT molecular complexity index is 836. The largest absolute Gasteiger partial charge is 0.444 e. The van der Waals surface area contributed by atoms with E-state index < -0.39 is 0 Å². The summed E-state index contributed by atoms with van der Waals surface area (Å²) in [5.74, 6) is 3.09. The van der Waals surface area contributed by atoms with E-state index in [0.717, 1.165) is 69.2 Å². The van der Waals surface area contributed by atoms with Crippen LogP contribution >= 0.6 is 0 Å². The van der Waals surface area contributed by atoms with Gasteiger partial charge in [0.1, 0.15) is 5.76 Å². The predicted molar refractivity (Wildman–Crippen MR) is 102 cm³/mol. The second kappa shape index (κ2) is 7.23. The highest BCUT2D eigenvalue weighted by Gasteiger charge is 2.26. The van der Waals surface area contributed by atoms with Gasteiger partial charge in [-0.25, -0.2) is 9.97 Å². The molecule has 0 aromatic carbocycles. The van der Waals surface area contributed by atoms with E-state index >= 15 is 0 Å². The lowest BCUT2D eigenvalue weighted by Gasteiger charge is -2.31. The van der Waals surface area contributed by atoms with Crippen LogP contribution in [-0.4, -0.2) is 32.5 Å². The van der Waals surface area contributed by atoms with Crippen molar-refractivity contribution < 1.29 is 4.42 Å². The number of likely N-dealkylation sites (tertiary alicyclic amines) is 1. The molecule has 0 unspecified atom stereocenters. The minimum atomic E-state index is 0.111. The predicted octanol–water partition coefficient (Wildman–Crippen LogP) is 2.90. The van der Waals surface area contributed by atoms with E-state index in [1.807, 2.05) is 0 Å². The number of piperidine rings is 1. The zero-order chi connectivity index (χ0) is 18.2. The molecule has 2 aromatic heterocycles. The molecule has 0 atom stereocenters. The number of aryl methyl sites for hydroxylation is 2. The van der Waals surface area contributed by atoms with Crippen molar-refractivity contribution in [1.82, 2.24) is 19.4 Å². The van der Waals surface area contributed by atoms with E-state index in [0.29, 0.717) is 11.8 Å². The van der Waals surface area contributed by atoms with Crippen LogP contribution in [-0.2, 0) is 25.9 Å². The Morgan fingerprint density at radius 2 is 1.93 bits per heavy atom. The highest BCUT2D eigenvalue weighted by molar-refractivity contribution is 5.13. The van der Waals surface area contributed by atoms with Crippen LogP contribution < -0.4 is 5.56 Å². The first-order valence-electron chi connectivity index (χ1n) is 10.5. The molecule has 2 aliphatic carbocycles. The molecule has 6 nitrogen and oxygen atoms in total. The SMILES string of the molecule is O=c1cc(C2CC2)ncn1CC1CCN(Cc2nc3c(o2)CCCC3)CC1. The number of fused-ring (bicyclic) bond motifs is 1. The van der Waals surface area contributed by atoms with Gasteiger partial charge in [-0.3, -0.25) is 14.3 Å². The summed E-state index contributed by atoms with van der Waals surface area (Å²) in [6.45, 7) is 3.69. The number of hydrogen-bond donors (Lipinski definition) is 0. The molecule has 27 heavy (non-hydrogen) atoms. The lowest BCUT2D eigenvalue weighted by Crippen LogP contribution is -2.36. The Balaban J connectivity index is 1.15. The average molecular weight is 368 g/mol. The van der Waals surface area contributed by atoms with Crippen molar-refractivity contribution in [2.45, 2.75) is 70.4 Å². The first kappa shape index (κ1) is 17.2. The molecule has 3 aliphatic rings. The standard InChI is InChI=1S/C21H28N4O2/c26-21-11-18(16-5-6-16)22-14-25(21)12-15-7-9-24(10-8-15)13-20-23-17-3-1-2-4-19(17)27-20/h11,14-16H,1-10,12-13H2. The van der Waals surface area contributed by atoms with Gasteiger partial charge in [0.15, 0.2) is 0 Å². The Morgan fingerprint density at radius 3 is 2.67 bits per heavy atom. The summed E-state index contributed by atoms with van der Waals surface area (Å²) in [7, 11) is 0. The van der Waals surface area contributed by atoms with E-state index in [1.165, 1.54) is 31.4 Å². The fraction of sp³-hybridized carbons (Fsp3) is 0.667. The van der Waals surface area contributed by atoms with E-state index in [4.69, 9.17) is 9.40 Å². The summed E-state index contributed by atoms with van der Waals surface area (Å²) in [5, 5.41) is 0. The molecule has 0 radical (unpaired) electrons. The van der Waals surface area contributed by atoms with Crippen molar-refractivity contribution in [2.75, 3.05) is 13.1 Å². The fourth-order valence-electron chi connectivity index (χ4n) is 4.45. The van der Waals surface area contributed by atoms with Gasteiger partial charge in [-0.1, -0.05) is 0 Å². The van der Waals surface area contributed by atoms with Crippen molar-refractivity contribution in [2.24, 2.45) is 5.92 Å². The molecule has 3 heterocycles. The van der Waals surface area contributed by atoms with Gasteiger partial charge in [-0.15, -0.1) is 0 Å². The Hall–Kier alpha value is -1.95. The molecular formula is C21H28N4O2. The number of aromatic nitrogens is 3. The van der Waals surface area contributed by atoms with E-state index in [9.17, 15) is 4.79 Å². The van der Waals surface area contributed by atoms with Gasteiger partial charge in [-0.05, 0) is 64.0 Å². The van der Waals surface area contributed by atoms with Crippen LogP contribution in [0.5, 0.6) is 0 Å². The molecule has 144 valence electrons. The molecule has 0 bridgehead atoms. The van der Waals surface area contributed by atoms with Gasteiger partial charge in [0.2, 0.25) is 5.89 Å². The summed E-state index contributed by atoms with van der Waals surface area (Å²) in [5.41, 5.74) is 2.28. The van der Waals surface area contributed by atoms with Crippen LogP contribution in [0.1, 0.15) is 67.5 Å². The molecule has 1 saturated carbocycles. The van der Waals surface area contributed by atoms with Crippen LogP contribution in [0, 0.1) is 5.92 Å². The maximum atomic E-state index is 12.3. The normalized spacial score (nSPS) is 21.3. The number of nitrogens with zero attached hydrogens (tertiary/aromatic N) is 4. The maximum absolute atomic E-state index is 12.3. The summed E-state index contributed by atoms with van der Waals surface area (Å²) in [6, 6.07) is 1.75. The summed E-state index contributed by atoms with van der Waals surface area (Å²) < 4.78 is 7.78. The van der Waals surface area contributed by atoms with Crippen molar-refractivity contribution in [3.05, 3.63) is 45.8 Å². The van der Waals surface area contributed by atoms with Gasteiger partial charge in [0, 0.05) is 24.9 Å². The molecule has 0 amide bonds. The molecule has 2 fully saturated rings. The Labute approximate surface area is 159 Å². The van der Waals surface area contributed by atoms with Gasteiger partial charge < -0.3 is 4.42 Å². The highest BCUT2D eigenvalue weighted by Crippen LogP contribution is 2.38. The molecule has 0 N–H and O–H groups in total. The van der Waals surface area contributed by atoms with Crippen LogP contribution in [0.3, 0.4) is 0 Å². The van der Waals surface area contributed by atoms with Crippen LogP contribution in [0.15, 0.2) is 21.6 Å². The summed E-state index contributed by atoms with van der Waals surface area (Å²) in [4.78, 5) is 24.0. The molecule has 2 aromatic rings. The topological polar surface area (TPSA) is 64.2 Å². The van der Waals surface area contributed by atoms with E-state index in [1.54, 1.807) is 17.0 Å². The van der Waals surface area contributed by atoms with E-state index in [2.05, 4.69) is 9.88 Å². The van der Waals surface area contributed by atoms with Crippen LogP contribution in [0.2, 0.25) is 0 Å². The quantitative estimate of drug-likeness (QED) is 0.812. The van der Waals surface area contributed by atoms with Crippen LogP contribution in [0.25, 0.3) is 0 Å². The maximum Gasteiger partial charge on any atom is 0.253 e. The minimum absolute atomic E-state index is 0.111. The average Bonchev–Trinajstić information content (AvgIpc) is 3.45. The van der Waals surface area contributed by atoms with Gasteiger partial charge in [0.25, 0.3) is 5.56 Å². The smallest absolute Gasteiger partial charge is 0.253 e. The minimum Gasteiger partial charge on any atom is -0.444 e. The Kier molecular flexibility index (Phi) is 4.60. The number of oxazole rings is 1. The molecule has 0 spiro atoms. The van der Waals surface area contributed by atoms with Crippen molar-refractivity contribution in [3.8, 4) is 0 Å². The summed E-state index contributed by atoms with van der Waals surface area (Å²) >= 11 is 0. The number of rotatable bonds is 5. The zero-order valence-electron chi connectivity index (χ0n) is 15.9. The van der Waals surface area contributed by atoms with Gasteiger partial charge >= 0.3 is 0 Å². The third-order valence-electron chi connectivity index (χ3n) is 6.31. The lowest BCUT2D eigenvalue weighted by atomic mass is 9.96. The van der Waals surface area contributed by atoms with Gasteiger partial charge in [0.05, 0.1) is 24.3 Å². The number of hydrogen-bond acceptors (Lipinski definition) is 5. The van der Waals surface area contributed by atoms with Crippen molar-refractivity contribution in [3.63, 3.8) is 0 Å². The highest BCUT2D eigenvalue weighted by atomic mass is 16.4. The summed E-state index contributed by atoms with van der Waals surface area (Å²) in [6.07, 6.45) is 10.9. The molecule has 1 saturated heterocycles. The first-order valence-corrected chi connectivity index (χ1v) is 10.5. The van der Waals surface area contributed by atoms with Crippen molar-refractivity contribution >= 4 is 0 Å². The van der Waals surface area contributed by atoms with Crippen molar-refractivity contribution in [1.29, 1.82) is 0 Å². The second-order valence-corrected chi connectivity index (χ2v) is 8.48. The molecule has 5 rings (SSSR count). The fourth-order valence-corrected chi connectivity index (χ4v) is 4.45. The zero-order valence-corrected chi connectivity index (χ0v) is 15.9. The van der Waals surface area contributed by atoms with E-state index in [-0.39, 0.29) is 5.56 Å². The second-order valence-electron chi connectivity index (χ2n) is 8.48. The van der Waals surface area contributed by atoms with Gasteiger partial charge in [-0.2, -0.15) is 0 Å². The Morgan fingerprint density at radius 1 is 1.11 bits per heavy atom. The molecular weight excluding hydrogens is 340 g/mol. The third-order valence-corrected chi connectivity index (χ3v) is 6.31. The molecule has 6 heteroatoms. The van der Waals surface area contributed by atoms with Crippen LogP contribution in [0.4, 0.5) is 0 Å². The third kappa shape index (κ3) is 3.86. The lowest BCUT2D eigenvalue weighted by molar-refractivity contribution is 0.153.